The van der Waals surface area contributed by atoms with Gasteiger partial charge in [0.05, 0.1) is 5.03 Å². The molecule has 3 nitrogen and oxygen atoms in total. The Labute approximate surface area is 94.9 Å². The molecule has 1 heterocycles. The molecular weight excluding hydrogens is 206 g/mol. The van der Waals surface area contributed by atoms with Crippen LogP contribution < -0.4 is 5.73 Å². The molecule has 2 N–H and O–H groups in total. The third-order valence-corrected chi connectivity index (χ3v) is 4.38. The molecule has 2 rings (SSSR count). The SMILES string of the molecule is NCC1CCCCC1Sc1ccncn1. The van der Waals surface area contributed by atoms with Crippen molar-refractivity contribution in [3.63, 3.8) is 0 Å². The van der Waals surface area contributed by atoms with Crippen molar-refractivity contribution < 1.29 is 0 Å². The highest BCUT2D eigenvalue weighted by atomic mass is 32.2. The van der Waals surface area contributed by atoms with Gasteiger partial charge in [0, 0.05) is 11.4 Å². The topological polar surface area (TPSA) is 51.8 Å². The van der Waals surface area contributed by atoms with Crippen molar-refractivity contribution in [2.45, 2.75) is 36.0 Å². The number of hydrogen-bond donors (Lipinski definition) is 1. The van der Waals surface area contributed by atoms with Crippen LogP contribution in [0, 0.1) is 5.92 Å². The van der Waals surface area contributed by atoms with Gasteiger partial charge in [-0.3, -0.25) is 0 Å². The number of thioether (sulfide) groups is 1. The van der Waals surface area contributed by atoms with Crippen LogP contribution in [0.1, 0.15) is 25.7 Å². The van der Waals surface area contributed by atoms with E-state index in [1.165, 1.54) is 25.7 Å². The van der Waals surface area contributed by atoms with Crippen molar-refractivity contribution in [1.29, 1.82) is 0 Å². The summed E-state index contributed by atoms with van der Waals surface area (Å²) in [6.45, 7) is 0.808. The normalized spacial score (nSPS) is 26.5. The van der Waals surface area contributed by atoms with Gasteiger partial charge in [-0.15, -0.1) is 11.8 Å². The summed E-state index contributed by atoms with van der Waals surface area (Å²) in [5, 5.41) is 1.73. The van der Waals surface area contributed by atoms with Crippen molar-refractivity contribution in [3.05, 3.63) is 18.6 Å². The molecule has 1 saturated carbocycles. The van der Waals surface area contributed by atoms with Crippen molar-refractivity contribution in [3.8, 4) is 0 Å². The van der Waals surface area contributed by atoms with E-state index in [1.807, 2.05) is 17.8 Å². The lowest BCUT2D eigenvalue weighted by atomic mass is 9.89. The van der Waals surface area contributed by atoms with Crippen LogP contribution in [0.15, 0.2) is 23.6 Å². The number of hydrogen-bond acceptors (Lipinski definition) is 4. The van der Waals surface area contributed by atoms with Crippen molar-refractivity contribution in [2.75, 3.05) is 6.54 Å². The first-order chi connectivity index (χ1) is 7.40. The van der Waals surface area contributed by atoms with Crippen LogP contribution in [0.3, 0.4) is 0 Å². The molecule has 2 unspecified atom stereocenters. The Morgan fingerprint density at radius 3 is 3.00 bits per heavy atom. The van der Waals surface area contributed by atoms with Gasteiger partial charge < -0.3 is 5.73 Å². The molecule has 2 atom stereocenters. The Balaban J connectivity index is 1.97. The molecule has 0 radical (unpaired) electrons. The molecule has 1 aliphatic rings. The van der Waals surface area contributed by atoms with Gasteiger partial charge in [0.15, 0.2) is 0 Å². The van der Waals surface area contributed by atoms with Crippen LogP contribution in [0.25, 0.3) is 0 Å². The van der Waals surface area contributed by atoms with E-state index in [9.17, 15) is 0 Å². The van der Waals surface area contributed by atoms with E-state index in [2.05, 4.69) is 9.97 Å². The van der Waals surface area contributed by atoms with Crippen molar-refractivity contribution in [1.82, 2.24) is 9.97 Å². The van der Waals surface area contributed by atoms with Gasteiger partial charge in [-0.05, 0) is 31.4 Å². The van der Waals surface area contributed by atoms with Crippen LogP contribution in [0.4, 0.5) is 0 Å². The largest absolute Gasteiger partial charge is 0.330 e. The van der Waals surface area contributed by atoms with E-state index in [1.54, 1.807) is 12.5 Å². The van der Waals surface area contributed by atoms with Crippen LogP contribution in [0.5, 0.6) is 0 Å². The van der Waals surface area contributed by atoms with E-state index < -0.39 is 0 Å². The van der Waals surface area contributed by atoms with Crippen molar-refractivity contribution in [2.24, 2.45) is 11.7 Å². The van der Waals surface area contributed by atoms with Crippen LogP contribution >= 0.6 is 11.8 Å². The van der Waals surface area contributed by atoms with Gasteiger partial charge in [-0.25, -0.2) is 9.97 Å². The number of nitrogens with zero attached hydrogens (tertiary/aromatic N) is 2. The zero-order valence-electron chi connectivity index (χ0n) is 8.80. The number of rotatable bonds is 3. The summed E-state index contributed by atoms with van der Waals surface area (Å²) < 4.78 is 0. The molecule has 1 aromatic heterocycles. The first kappa shape index (κ1) is 10.9. The van der Waals surface area contributed by atoms with Gasteiger partial charge in [-0.1, -0.05) is 12.8 Å². The fraction of sp³-hybridized carbons (Fsp3) is 0.636. The first-order valence-corrected chi connectivity index (χ1v) is 6.41. The van der Waals surface area contributed by atoms with Crippen LogP contribution in [-0.4, -0.2) is 21.8 Å². The van der Waals surface area contributed by atoms with Gasteiger partial charge in [0.2, 0.25) is 0 Å². The molecule has 1 aromatic rings. The molecule has 0 saturated heterocycles. The molecule has 1 fully saturated rings. The van der Waals surface area contributed by atoms with Gasteiger partial charge in [-0.2, -0.15) is 0 Å². The Hall–Kier alpha value is -0.610. The number of aromatic nitrogens is 2. The smallest absolute Gasteiger partial charge is 0.116 e. The van der Waals surface area contributed by atoms with Crippen LogP contribution in [-0.2, 0) is 0 Å². The molecule has 0 aliphatic heterocycles. The van der Waals surface area contributed by atoms with E-state index in [4.69, 9.17) is 5.73 Å². The maximum atomic E-state index is 5.80. The average Bonchev–Trinajstić information content (AvgIpc) is 2.31. The minimum atomic E-state index is 0.652. The second-order valence-corrected chi connectivity index (χ2v) is 5.24. The molecule has 0 spiro atoms. The average molecular weight is 223 g/mol. The van der Waals surface area contributed by atoms with E-state index >= 15 is 0 Å². The molecule has 4 heteroatoms. The first-order valence-electron chi connectivity index (χ1n) is 5.53. The van der Waals surface area contributed by atoms with E-state index in [0.717, 1.165) is 11.6 Å². The molecule has 0 bridgehead atoms. The number of nitrogens with two attached hydrogens (primary N) is 1. The maximum absolute atomic E-state index is 5.80. The zero-order valence-corrected chi connectivity index (χ0v) is 9.62. The van der Waals surface area contributed by atoms with Crippen LogP contribution in [0.2, 0.25) is 0 Å². The summed E-state index contributed by atoms with van der Waals surface area (Å²) in [5.74, 6) is 0.665. The minimum absolute atomic E-state index is 0.652. The molecule has 1 aliphatic carbocycles. The maximum Gasteiger partial charge on any atom is 0.116 e. The van der Waals surface area contributed by atoms with Crippen molar-refractivity contribution >= 4 is 11.8 Å². The monoisotopic (exact) mass is 223 g/mol. The molecule has 0 amide bonds. The van der Waals surface area contributed by atoms with E-state index in [0.29, 0.717) is 11.2 Å². The molecular formula is C11H17N3S. The Kier molecular flexibility index (Phi) is 3.97. The fourth-order valence-electron chi connectivity index (χ4n) is 2.10. The predicted octanol–water partition coefficient (Wildman–Crippen LogP) is 2.09. The predicted molar refractivity (Wildman–Crippen MR) is 62.7 cm³/mol. The minimum Gasteiger partial charge on any atom is -0.330 e. The third-order valence-electron chi connectivity index (χ3n) is 2.97. The third kappa shape index (κ3) is 2.92. The summed E-state index contributed by atoms with van der Waals surface area (Å²) in [4.78, 5) is 8.18. The highest BCUT2D eigenvalue weighted by Gasteiger charge is 2.24. The highest BCUT2D eigenvalue weighted by Crippen LogP contribution is 2.35. The molecule has 82 valence electrons. The summed E-state index contributed by atoms with van der Waals surface area (Å²) in [6.07, 6.45) is 8.63. The Bertz CT molecular complexity index is 291. The molecule has 15 heavy (non-hydrogen) atoms. The lowest BCUT2D eigenvalue weighted by molar-refractivity contribution is 0.378. The summed E-state index contributed by atoms with van der Waals surface area (Å²) in [7, 11) is 0. The van der Waals surface area contributed by atoms with Gasteiger partial charge in [0.1, 0.15) is 6.33 Å². The second-order valence-electron chi connectivity index (χ2n) is 3.98. The highest BCUT2D eigenvalue weighted by molar-refractivity contribution is 7.99. The van der Waals surface area contributed by atoms with E-state index in [-0.39, 0.29) is 0 Å². The lowest BCUT2D eigenvalue weighted by Crippen LogP contribution is -2.28. The molecule has 0 aromatic carbocycles. The van der Waals surface area contributed by atoms with Gasteiger partial charge >= 0.3 is 0 Å². The zero-order chi connectivity index (χ0) is 10.5. The summed E-state index contributed by atoms with van der Waals surface area (Å²) in [6, 6.07) is 1.98. The second kappa shape index (κ2) is 5.47. The lowest BCUT2D eigenvalue weighted by Gasteiger charge is -2.29. The summed E-state index contributed by atoms with van der Waals surface area (Å²) in [5.41, 5.74) is 5.80. The van der Waals surface area contributed by atoms with Gasteiger partial charge in [0.25, 0.3) is 0 Å². The summed E-state index contributed by atoms with van der Waals surface area (Å²) >= 11 is 1.87. The quantitative estimate of drug-likeness (QED) is 0.797. The fourth-order valence-corrected chi connectivity index (χ4v) is 3.38. The Morgan fingerprint density at radius 1 is 1.40 bits per heavy atom. The Morgan fingerprint density at radius 2 is 2.27 bits per heavy atom. The standard InChI is InChI=1S/C11H17N3S/c12-7-9-3-1-2-4-10(9)15-11-5-6-13-8-14-11/h5-6,8-10H,1-4,7,12H2.